The summed E-state index contributed by atoms with van der Waals surface area (Å²) in [6, 6.07) is 13.2. The number of nitrogens with zero attached hydrogens (tertiary/aromatic N) is 6. The van der Waals surface area contributed by atoms with E-state index in [0.717, 1.165) is 46.8 Å². The van der Waals surface area contributed by atoms with E-state index >= 15 is 0 Å². The van der Waals surface area contributed by atoms with Crippen LogP contribution in [0.15, 0.2) is 55.1 Å². The molecule has 0 saturated carbocycles. The summed E-state index contributed by atoms with van der Waals surface area (Å²) in [5, 5.41) is 10.5. The van der Waals surface area contributed by atoms with E-state index in [4.69, 9.17) is 9.72 Å². The number of aromatic nitrogens is 4. The highest BCUT2D eigenvalue weighted by Gasteiger charge is 2.45. The second kappa shape index (κ2) is 7.24. The van der Waals surface area contributed by atoms with E-state index in [-0.39, 0.29) is 0 Å². The first kappa shape index (κ1) is 18.6. The summed E-state index contributed by atoms with van der Waals surface area (Å²) < 4.78 is 5.18. The number of pyridine rings is 3. The van der Waals surface area contributed by atoms with Crippen LogP contribution in [0.2, 0.25) is 0 Å². The van der Waals surface area contributed by atoms with Crippen molar-refractivity contribution in [2.45, 2.75) is 18.5 Å². The van der Waals surface area contributed by atoms with E-state index < -0.39 is 0 Å². The third-order valence-corrected chi connectivity index (χ3v) is 6.49. The van der Waals surface area contributed by atoms with Crippen molar-refractivity contribution in [1.29, 1.82) is 5.26 Å². The first-order valence-corrected chi connectivity index (χ1v) is 10.6. The maximum absolute atomic E-state index is 9.57. The van der Waals surface area contributed by atoms with Crippen LogP contribution < -0.4 is 14.5 Å². The molecule has 0 aliphatic carbocycles. The van der Waals surface area contributed by atoms with Crippen LogP contribution in [0.25, 0.3) is 22.2 Å². The standard InChI is InChI=1S/C24H21N7O/c1-32-22-5-3-17(12-28-22)31-18-8-19(31)14-30(13-18)21-4-2-15(10-27-21)23-16(9-25)11-29-24-20(23)6-7-26-24/h2-7,10-12,18-19H,8,13-14H2,1H3,(H,26,29). The van der Waals surface area contributed by atoms with Gasteiger partial charge in [0.15, 0.2) is 0 Å². The molecule has 2 bridgehead atoms. The number of anilines is 2. The van der Waals surface area contributed by atoms with Crippen LogP contribution in [-0.4, -0.2) is 52.2 Å². The Morgan fingerprint density at radius 2 is 1.91 bits per heavy atom. The van der Waals surface area contributed by atoms with Crippen LogP contribution in [0.1, 0.15) is 12.0 Å². The lowest BCUT2D eigenvalue weighted by atomic mass is 9.86. The predicted molar refractivity (Wildman–Crippen MR) is 122 cm³/mol. The summed E-state index contributed by atoms with van der Waals surface area (Å²) in [7, 11) is 1.63. The highest BCUT2D eigenvalue weighted by molar-refractivity contribution is 5.95. The first-order valence-electron chi connectivity index (χ1n) is 10.6. The van der Waals surface area contributed by atoms with Gasteiger partial charge in [0.25, 0.3) is 0 Å². The topological polar surface area (TPSA) is 94.0 Å². The Morgan fingerprint density at radius 1 is 1.03 bits per heavy atom. The Labute approximate surface area is 185 Å². The summed E-state index contributed by atoms with van der Waals surface area (Å²) in [5.41, 5.74) is 4.26. The fourth-order valence-corrected chi connectivity index (χ4v) is 4.99. The molecule has 7 rings (SSSR count). The number of rotatable bonds is 4. The summed E-state index contributed by atoms with van der Waals surface area (Å²) >= 11 is 0. The van der Waals surface area contributed by atoms with Crippen LogP contribution in [0.5, 0.6) is 5.88 Å². The van der Waals surface area contributed by atoms with E-state index in [9.17, 15) is 5.26 Å². The maximum atomic E-state index is 9.57. The number of ether oxygens (including phenoxy) is 1. The minimum atomic E-state index is 0.454. The lowest BCUT2D eigenvalue weighted by Crippen LogP contribution is -2.69. The highest BCUT2D eigenvalue weighted by Crippen LogP contribution is 2.38. The predicted octanol–water partition coefficient (Wildman–Crippen LogP) is 3.37. The van der Waals surface area contributed by atoms with Crippen molar-refractivity contribution < 1.29 is 4.74 Å². The van der Waals surface area contributed by atoms with E-state index in [0.29, 0.717) is 23.5 Å². The third kappa shape index (κ3) is 2.86. The number of piperazine rings is 1. The van der Waals surface area contributed by atoms with Crippen molar-refractivity contribution in [3.05, 3.63) is 60.7 Å². The fourth-order valence-electron chi connectivity index (χ4n) is 4.99. The van der Waals surface area contributed by atoms with Gasteiger partial charge in [0, 0.05) is 66.3 Å². The molecule has 0 amide bonds. The van der Waals surface area contributed by atoms with Gasteiger partial charge in [-0.25, -0.2) is 15.0 Å². The quantitative estimate of drug-likeness (QED) is 0.538. The molecule has 8 nitrogen and oxygen atoms in total. The van der Waals surface area contributed by atoms with Gasteiger partial charge in [-0.3, -0.25) is 0 Å². The lowest BCUT2D eigenvalue weighted by Gasteiger charge is -2.57. The largest absolute Gasteiger partial charge is 0.481 e. The van der Waals surface area contributed by atoms with Gasteiger partial charge in [0.2, 0.25) is 5.88 Å². The molecular formula is C24H21N7O. The van der Waals surface area contributed by atoms with Crippen LogP contribution in [0.3, 0.4) is 0 Å². The summed E-state index contributed by atoms with van der Waals surface area (Å²) in [6.07, 6.45) is 8.40. The molecule has 3 aliphatic heterocycles. The molecule has 4 aromatic rings. The highest BCUT2D eigenvalue weighted by atomic mass is 16.5. The number of nitriles is 1. The Hall–Kier alpha value is -4.12. The van der Waals surface area contributed by atoms with Crippen molar-refractivity contribution in [2.75, 3.05) is 30.0 Å². The number of piperidine rings is 1. The monoisotopic (exact) mass is 423 g/mol. The fraction of sp³-hybridized carbons (Fsp3) is 0.250. The number of H-pyrrole nitrogens is 1. The molecule has 4 aromatic heterocycles. The van der Waals surface area contributed by atoms with Crippen molar-refractivity contribution in [3.8, 4) is 23.1 Å². The molecule has 7 heterocycles. The SMILES string of the molecule is COc1ccc(N2C3CC2CN(c2ccc(-c4c(C#N)cnc5[nH]ccc45)cn2)C3)cn1. The molecule has 0 spiro atoms. The number of fused-ring (bicyclic) bond motifs is 3. The van der Waals surface area contributed by atoms with Crippen LogP contribution in [-0.2, 0) is 0 Å². The van der Waals surface area contributed by atoms with Gasteiger partial charge in [-0.2, -0.15) is 5.26 Å². The van der Waals surface area contributed by atoms with Gasteiger partial charge < -0.3 is 19.5 Å². The van der Waals surface area contributed by atoms with Gasteiger partial charge in [0.1, 0.15) is 17.5 Å². The van der Waals surface area contributed by atoms with Gasteiger partial charge in [-0.05, 0) is 30.7 Å². The molecule has 3 fully saturated rings. The Balaban J connectivity index is 1.23. The smallest absolute Gasteiger partial charge is 0.213 e. The molecule has 1 N–H and O–H groups in total. The Kier molecular flexibility index (Phi) is 4.21. The van der Waals surface area contributed by atoms with E-state index in [2.05, 4.69) is 49.0 Å². The average Bonchev–Trinajstić information content (AvgIpc) is 3.33. The normalized spacial score (nSPS) is 19.5. The van der Waals surface area contributed by atoms with E-state index in [1.165, 1.54) is 6.42 Å². The van der Waals surface area contributed by atoms with Crippen LogP contribution in [0, 0.1) is 11.3 Å². The second-order valence-electron chi connectivity index (χ2n) is 8.22. The summed E-state index contributed by atoms with van der Waals surface area (Å²) in [5.74, 6) is 1.60. The van der Waals surface area contributed by atoms with Gasteiger partial charge >= 0.3 is 0 Å². The van der Waals surface area contributed by atoms with Gasteiger partial charge in [-0.1, -0.05) is 0 Å². The molecule has 0 radical (unpaired) electrons. The Bertz CT molecular complexity index is 1310. The third-order valence-electron chi connectivity index (χ3n) is 6.49. The molecule has 2 atom stereocenters. The van der Waals surface area contributed by atoms with Crippen LogP contribution in [0.4, 0.5) is 11.5 Å². The number of aromatic amines is 1. The molecular weight excluding hydrogens is 402 g/mol. The van der Waals surface area contributed by atoms with Gasteiger partial charge in [0.05, 0.1) is 24.6 Å². The van der Waals surface area contributed by atoms with Gasteiger partial charge in [-0.15, -0.1) is 0 Å². The zero-order valence-corrected chi connectivity index (χ0v) is 17.6. The molecule has 3 aliphatic rings. The summed E-state index contributed by atoms with van der Waals surface area (Å²) in [6.45, 7) is 1.85. The van der Waals surface area contributed by atoms with Crippen molar-refractivity contribution in [2.24, 2.45) is 0 Å². The second-order valence-corrected chi connectivity index (χ2v) is 8.22. The van der Waals surface area contributed by atoms with Crippen molar-refractivity contribution in [3.63, 3.8) is 0 Å². The zero-order chi connectivity index (χ0) is 21.7. The minimum absolute atomic E-state index is 0.454. The zero-order valence-electron chi connectivity index (χ0n) is 17.6. The number of hydrogen-bond acceptors (Lipinski definition) is 7. The molecule has 2 unspecified atom stereocenters. The molecule has 158 valence electrons. The molecule has 0 aromatic carbocycles. The summed E-state index contributed by atoms with van der Waals surface area (Å²) in [4.78, 5) is 21.3. The minimum Gasteiger partial charge on any atom is -0.481 e. The molecule has 3 saturated heterocycles. The van der Waals surface area contributed by atoms with Crippen molar-refractivity contribution >= 4 is 22.5 Å². The first-order chi connectivity index (χ1) is 15.7. The van der Waals surface area contributed by atoms with E-state index in [1.54, 1.807) is 13.3 Å². The lowest BCUT2D eigenvalue weighted by molar-refractivity contribution is 0.290. The molecule has 32 heavy (non-hydrogen) atoms. The number of hydrogen-bond donors (Lipinski definition) is 1. The number of methoxy groups -OCH3 is 1. The maximum Gasteiger partial charge on any atom is 0.213 e. The van der Waals surface area contributed by atoms with E-state index in [1.807, 2.05) is 30.7 Å². The van der Waals surface area contributed by atoms with Crippen LogP contribution >= 0.6 is 0 Å². The average molecular weight is 423 g/mol. The molecule has 8 heteroatoms. The van der Waals surface area contributed by atoms with Crippen molar-refractivity contribution in [1.82, 2.24) is 19.9 Å². The number of nitrogens with one attached hydrogen (secondary N) is 1. The Morgan fingerprint density at radius 3 is 2.59 bits per heavy atom.